The summed E-state index contributed by atoms with van der Waals surface area (Å²) >= 11 is 0. The van der Waals surface area contributed by atoms with Gasteiger partial charge in [-0.1, -0.05) is 48.5 Å². The zero-order valence-corrected chi connectivity index (χ0v) is 17.6. The summed E-state index contributed by atoms with van der Waals surface area (Å²) in [4.78, 5) is 12.1. The van der Waals surface area contributed by atoms with Crippen LogP contribution in [0.15, 0.2) is 66.7 Å². The molecule has 0 bridgehead atoms. The Balaban J connectivity index is 1.40. The van der Waals surface area contributed by atoms with Crippen molar-refractivity contribution in [2.75, 3.05) is 20.8 Å². The number of rotatable bonds is 7. The van der Waals surface area contributed by atoms with Gasteiger partial charge in [0, 0.05) is 30.2 Å². The maximum atomic E-state index is 12.1. The van der Waals surface area contributed by atoms with E-state index in [0.717, 1.165) is 33.8 Å². The highest BCUT2D eigenvalue weighted by Crippen LogP contribution is 2.43. The van der Waals surface area contributed by atoms with Crippen LogP contribution in [0.25, 0.3) is 11.1 Å². The largest absolute Gasteiger partial charge is 0.497 e. The maximum absolute atomic E-state index is 12.1. The molecule has 0 aromatic heterocycles. The molecule has 160 valence electrons. The molecular weight excluding hydrogens is 394 g/mol. The van der Waals surface area contributed by atoms with Crippen molar-refractivity contribution in [1.29, 1.82) is 0 Å². The normalized spacial score (nSPS) is 14.3. The molecule has 1 unspecified atom stereocenters. The van der Waals surface area contributed by atoms with E-state index < -0.39 is 6.09 Å². The summed E-state index contributed by atoms with van der Waals surface area (Å²) in [5.74, 6) is 2.22. The summed E-state index contributed by atoms with van der Waals surface area (Å²) in [7, 11) is 3.26. The molecular formula is C25H25NO5. The van der Waals surface area contributed by atoms with Gasteiger partial charge in [0.2, 0.25) is 0 Å². The van der Waals surface area contributed by atoms with E-state index in [-0.39, 0.29) is 12.7 Å². The Morgan fingerprint density at radius 2 is 1.84 bits per heavy atom. The summed E-state index contributed by atoms with van der Waals surface area (Å²) in [6, 6.07) is 21.4. The summed E-state index contributed by atoms with van der Waals surface area (Å²) in [6.45, 7) is 0.599. The van der Waals surface area contributed by atoms with Crippen LogP contribution in [0.2, 0.25) is 0 Å². The van der Waals surface area contributed by atoms with E-state index in [1.807, 2.05) is 66.7 Å². The van der Waals surface area contributed by atoms with Crippen molar-refractivity contribution in [3.8, 4) is 28.4 Å². The van der Waals surface area contributed by atoms with Gasteiger partial charge in [-0.2, -0.15) is 0 Å². The number of alkyl carbamates (subject to hydrolysis) is 1. The minimum atomic E-state index is -0.458. The highest BCUT2D eigenvalue weighted by atomic mass is 16.6. The van der Waals surface area contributed by atoms with Crippen LogP contribution in [0.1, 0.15) is 11.1 Å². The van der Waals surface area contributed by atoms with Crippen LogP contribution in [0.5, 0.6) is 17.2 Å². The molecule has 0 fully saturated rings. The molecule has 31 heavy (non-hydrogen) atoms. The van der Waals surface area contributed by atoms with Crippen molar-refractivity contribution in [2.24, 2.45) is 0 Å². The molecule has 1 heterocycles. The van der Waals surface area contributed by atoms with E-state index >= 15 is 0 Å². The minimum absolute atomic E-state index is 0.175. The maximum Gasteiger partial charge on any atom is 0.407 e. The Kier molecular flexibility index (Phi) is 6.26. The lowest BCUT2D eigenvalue weighted by atomic mass is 9.99. The third-order valence-electron chi connectivity index (χ3n) is 5.21. The number of nitrogens with one attached hydrogen (secondary N) is 1. The molecule has 1 aliphatic heterocycles. The topological polar surface area (TPSA) is 66.0 Å². The molecule has 0 aliphatic carbocycles. The first kappa shape index (κ1) is 20.6. The Morgan fingerprint density at radius 1 is 1.00 bits per heavy atom. The molecule has 1 amide bonds. The van der Waals surface area contributed by atoms with Gasteiger partial charge in [-0.05, 0) is 23.3 Å². The van der Waals surface area contributed by atoms with Crippen LogP contribution >= 0.6 is 0 Å². The number of hydrogen-bond donors (Lipinski definition) is 1. The second kappa shape index (κ2) is 9.43. The molecule has 1 N–H and O–H groups in total. The van der Waals surface area contributed by atoms with Crippen molar-refractivity contribution in [3.63, 3.8) is 0 Å². The summed E-state index contributed by atoms with van der Waals surface area (Å²) in [5, 5.41) is 2.76. The van der Waals surface area contributed by atoms with Crippen LogP contribution in [0, 0.1) is 0 Å². The van der Waals surface area contributed by atoms with Crippen molar-refractivity contribution < 1.29 is 23.7 Å². The number of para-hydroxylation sites is 1. The Morgan fingerprint density at radius 3 is 2.61 bits per heavy atom. The molecule has 0 saturated carbocycles. The predicted octanol–water partition coefficient (Wildman–Crippen LogP) is 4.60. The van der Waals surface area contributed by atoms with Gasteiger partial charge in [0.15, 0.2) is 0 Å². The first-order chi connectivity index (χ1) is 15.2. The highest BCUT2D eigenvalue weighted by molar-refractivity contribution is 5.78. The second-order valence-electron chi connectivity index (χ2n) is 7.24. The van der Waals surface area contributed by atoms with Crippen LogP contribution in [0.4, 0.5) is 4.79 Å². The number of amides is 1. The first-order valence-corrected chi connectivity index (χ1v) is 10.1. The number of carbonyl (C=O) groups is 1. The number of fused-ring (bicyclic) bond motifs is 1. The smallest absolute Gasteiger partial charge is 0.407 e. The minimum Gasteiger partial charge on any atom is -0.497 e. The van der Waals surface area contributed by atoms with Gasteiger partial charge in [-0.3, -0.25) is 0 Å². The Labute approximate surface area is 181 Å². The third-order valence-corrected chi connectivity index (χ3v) is 5.21. The van der Waals surface area contributed by atoms with Crippen LogP contribution in [-0.2, 0) is 17.7 Å². The van der Waals surface area contributed by atoms with Crippen molar-refractivity contribution in [1.82, 2.24) is 5.32 Å². The van der Waals surface area contributed by atoms with E-state index in [9.17, 15) is 4.79 Å². The van der Waals surface area contributed by atoms with E-state index in [4.69, 9.17) is 18.9 Å². The van der Waals surface area contributed by atoms with Gasteiger partial charge in [0.25, 0.3) is 0 Å². The number of carbonyl (C=O) groups excluding carboxylic acids is 1. The lowest BCUT2D eigenvalue weighted by molar-refractivity contribution is 0.0924. The number of methoxy groups -OCH3 is 2. The zero-order chi connectivity index (χ0) is 21.6. The molecule has 1 atom stereocenters. The van der Waals surface area contributed by atoms with E-state index in [1.54, 1.807) is 14.2 Å². The van der Waals surface area contributed by atoms with Crippen LogP contribution in [-0.4, -0.2) is 33.0 Å². The fourth-order valence-electron chi connectivity index (χ4n) is 3.65. The van der Waals surface area contributed by atoms with Crippen LogP contribution < -0.4 is 19.5 Å². The first-order valence-electron chi connectivity index (χ1n) is 10.1. The van der Waals surface area contributed by atoms with Gasteiger partial charge >= 0.3 is 6.09 Å². The molecule has 0 spiro atoms. The molecule has 1 aliphatic rings. The number of hydrogen-bond acceptors (Lipinski definition) is 5. The van der Waals surface area contributed by atoms with Gasteiger partial charge < -0.3 is 24.3 Å². The van der Waals surface area contributed by atoms with Crippen molar-refractivity contribution >= 4 is 6.09 Å². The van der Waals surface area contributed by atoms with E-state index in [1.165, 1.54) is 0 Å². The van der Waals surface area contributed by atoms with E-state index in [2.05, 4.69) is 5.32 Å². The Hall–Kier alpha value is -3.67. The quantitative estimate of drug-likeness (QED) is 0.606. The van der Waals surface area contributed by atoms with Gasteiger partial charge in [-0.15, -0.1) is 0 Å². The van der Waals surface area contributed by atoms with Gasteiger partial charge in [0.1, 0.15) is 30.0 Å². The molecule has 6 heteroatoms. The fourth-order valence-corrected chi connectivity index (χ4v) is 3.65. The molecule has 4 rings (SSSR count). The van der Waals surface area contributed by atoms with Crippen LogP contribution in [0.3, 0.4) is 0 Å². The van der Waals surface area contributed by atoms with Gasteiger partial charge in [0.05, 0.1) is 14.2 Å². The molecule has 6 nitrogen and oxygen atoms in total. The van der Waals surface area contributed by atoms with Gasteiger partial charge in [-0.25, -0.2) is 4.79 Å². The molecule has 0 radical (unpaired) electrons. The molecule has 0 saturated heterocycles. The SMILES string of the molecule is COc1ccc(-c2cccc3c2OC(COC(=O)NCc2ccccc2)C3)c(OC)c1. The second-order valence-corrected chi connectivity index (χ2v) is 7.24. The summed E-state index contributed by atoms with van der Waals surface area (Å²) in [6.07, 6.45) is -0.0172. The zero-order valence-electron chi connectivity index (χ0n) is 17.6. The standard InChI is InChI=1S/C25H25NO5/c1-28-19-11-12-21(23(14-19)29-2)22-10-6-9-18-13-20(31-24(18)22)16-30-25(27)26-15-17-7-4-3-5-8-17/h3-12,14,20H,13,15-16H2,1-2H3,(H,26,27). The number of benzene rings is 3. The Bertz CT molecular complexity index is 1050. The summed E-state index contributed by atoms with van der Waals surface area (Å²) < 4.78 is 22.4. The van der Waals surface area contributed by atoms with Crippen molar-refractivity contribution in [2.45, 2.75) is 19.1 Å². The average Bonchev–Trinajstić information content (AvgIpc) is 3.25. The molecule has 3 aromatic carbocycles. The average molecular weight is 419 g/mol. The van der Waals surface area contributed by atoms with Crippen molar-refractivity contribution in [3.05, 3.63) is 77.9 Å². The monoisotopic (exact) mass is 419 g/mol. The fraction of sp³-hybridized carbons (Fsp3) is 0.240. The number of ether oxygens (including phenoxy) is 4. The predicted molar refractivity (Wildman–Crippen MR) is 118 cm³/mol. The third kappa shape index (κ3) is 4.74. The summed E-state index contributed by atoms with van der Waals surface area (Å²) in [5.41, 5.74) is 3.95. The van der Waals surface area contributed by atoms with E-state index in [0.29, 0.717) is 18.7 Å². The highest BCUT2D eigenvalue weighted by Gasteiger charge is 2.27. The lowest BCUT2D eigenvalue weighted by Gasteiger charge is -2.15. The molecule has 3 aromatic rings. The lowest BCUT2D eigenvalue weighted by Crippen LogP contribution is -2.29.